The summed E-state index contributed by atoms with van der Waals surface area (Å²) in [6.45, 7) is 6.06. The molecule has 1 fully saturated rings. The maximum absolute atomic E-state index is 5.63. The molecule has 1 aliphatic rings. The van der Waals surface area contributed by atoms with E-state index in [1.54, 1.807) is 27.6 Å². The van der Waals surface area contributed by atoms with E-state index in [1.165, 1.54) is 9.80 Å². The molecular weight excluding hydrogens is 386 g/mol. The minimum Gasteiger partial charge on any atom is -0.493 e. The van der Waals surface area contributed by atoms with E-state index in [2.05, 4.69) is 11.2 Å². The van der Waals surface area contributed by atoms with E-state index < -0.39 is 0 Å². The number of nitrogens with zero attached hydrogens (tertiary/aromatic N) is 1. The third kappa shape index (κ3) is 4.29. The molecule has 4 rings (SSSR count). The molecule has 160 valence electrons. The Balaban J connectivity index is 1.34. The van der Waals surface area contributed by atoms with Crippen molar-refractivity contribution in [2.75, 3.05) is 47.5 Å². The van der Waals surface area contributed by atoms with Gasteiger partial charge in [0.05, 0.1) is 33.2 Å². The summed E-state index contributed by atoms with van der Waals surface area (Å²) in [6.07, 6.45) is 1.64. The Labute approximate surface area is 175 Å². The third-order valence-corrected chi connectivity index (χ3v) is 5.64. The predicted octanol–water partition coefficient (Wildman–Crippen LogP) is 0.444. The van der Waals surface area contributed by atoms with Crippen LogP contribution in [0.15, 0.2) is 45.5 Å². The standard InChI is InChI=1S/C22H27N3O5/c1-26-19-7-6-16(21(27-2)22(19)28-3)14-24-8-10-25(11-9-24)15-17-13-20(30-23-17)18-5-4-12-29-18/h4-7,12-13H,8-11,14-15H2,1-3H3/p+2. The highest BCUT2D eigenvalue weighted by molar-refractivity contribution is 5.55. The van der Waals surface area contributed by atoms with E-state index in [0.29, 0.717) is 23.0 Å². The van der Waals surface area contributed by atoms with Crippen molar-refractivity contribution in [3.05, 3.63) is 47.9 Å². The fourth-order valence-electron chi connectivity index (χ4n) is 4.07. The minimum atomic E-state index is 0.652. The van der Waals surface area contributed by atoms with Crippen molar-refractivity contribution in [1.29, 1.82) is 0 Å². The minimum absolute atomic E-state index is 0.652. The van der Waals surface area contributed by atoms with E-state index >= 15 is 0 Å². The van der Waals surface area contributed by atoms with Crippen LogP contribution in [0.2, 0.25) is 0 Å². The molecule has 8 nitrogen and oxygen atoms in total. The van der Waals surface area contributed by atoms with Crippen molar-refractivity contribution in [3.8, 4) is 28.8 Å². The number of ether oxygens (including phenoxy) is 3. The quantitative estimate of drug-likeness (QED) is 0.556. The third-order valence-electron chi connectivity index (χ3n) is 5.64. The molecular formula is C22H29N3O5+2. The first kappa shape index (κ1) is 20.3. The first-order chi connectivity index (χ1) is 14.7. The van der Waals surface area contributed by atoms with Crippen LogP contribution < -0.4 is 24.0 Å². The average Bonchev–Trinajstić information content (AvgIpc) is 3.46. The highest BCUT2D eigenvalue weighted by Crippen LogP contribution is 2.39. The number of methoxy groups -OCH3 is 3. The summed E-state index contributed by atoms with van der Waals surface area (Å²) in [7, 11) is 4.95. The first-order valence-corrected chi connectivity index (χ1v) is 10.2. The van der Waals surface area contributed by atoms with Crippen molar-refractivity contribution in [2.45, 2.75) is 13.1 Å². The first-order valence-electron chi connectivity index (χ1n) is 10.2. The number of piperazine rings is 1. The van der Waals surface area contributed by atoms with E-state index in [4.69, 9.17) is 23.2 Å². The van der Waals surface area contributed by atoms with Gasteiger partial charge in [-0.3, -0.25) is 0 Å². The Morgan fingerprint density at radius 1 is 0.867 bits per heavy atom. The predicted molar refractivity (Wildman–Crippen MR) is 109 cm³/mol. The lowest BCUT2D eigenvalue weighted by molar-refractivity contribution is -1.02. The number of quaternary nitrogens is 2. The summed E-state index contributed by atoms with van der Waals surface area (Å²) in [4.78, 5) is 3.04. The van der Waals surface area contributed by atoms with Crippen molar-refractivity contribution >= 4 is 0 Å². The largest absolute Gasteiger partial charge is 0.493 e. The number of hydrogen-bond donors (Lipinski definition) is 2. The van der Waals surface area contributed by atoms with Crippen molar-refractivity contribution in [2.24, 2.45) is 0 Å². The number of nitrogens with one attached hydrogen (secondary N) is 2. The van der Waals surface area contributed by atoms with Gasteiger partial charge in [0, 0.05) is 6.07 Å². The lowest BCUT2D eigenvalue weighted by Crippen LogP contribution is -3.27. The zero-order valence-corrected chi connectivity index (χ0v) is 17.7. The van der Waals surface area contributed by atoms with Gasteiger partial charge in [-0.15, -0.1) is 0 Å². The van der Waals surface area contributed by atoms with Crippen molar-refractivity contribution in [1.82, 2.24) is 5.16 Å². The molecule has 2 aromatic heterocycles. The molecule has 0 spiro atoms. The molecule has 0 unspecified atom stereocenters. The number of benzene rings is 1. The fraction of sp³-hybridized carbons (Fsp3) is 0.409. The SMILES string of the molecule is COc1ccc(C[NH+]2CC[NH+](Cc3cc(-c4ccco4)on3)CC2)c(OC)c1OC. The Kier molecular flexibility index (Phi) is 6.25. The molecule has 2 N–H and O–H groups in total. The second-order valence-corrected chi connectivity index (χ2v) is 7.51. The Hall–Kier alpha value is -2.97. The van der Waals surface area contributed by atoms with Gasteiger partial charge in [0.25, 0.3) is 0 Å². The van der Waals surface area contributed by atoms with E-state index in [1.807, 2.05) is 24.3 Å². The lowest BCUT2D eigenvalue weighted by Gasteiger charge is -2.29. The molecule has 0 aliphatic carbocycles. The summed E-state index contributed by atoms with van der Waals surface area (Å²) >= 11 is 0. The van der Waals surface area contributed by atoms with Gasteiger partial charge in [-0.2, -0.15) is 0 Å². The summed E-state index contributed by atoms with van der Waals surface area (Å²) < 4.78 is 27.3. The second kappa shape index (κ2) is 9.23. The molecule has 3 heterocycles. The molecule has 3 aromatic rings. The van der Waals surface area contributed by atoms with Crippen molar-refractivity contribution < 1.29 is 33.0 Å². The van der Waals surface area contributed by atoms with Gasteiger partial charge in [-0.05, 0) is 24.3 Å². The molecule has 30 heavy (non-hydrogen) atoms. The summed E-state index contributed by atoms with van der Waals surface area (Å²) in [5.41, 5.74) is 2.09. The van der Waals surface area contributed by atoms with Gasteiger partial charge in [0.15, 0.2) is 17.3 Å². The second-order valence-electron chi connectivity index (χ2n) is 7.51. The highest BCUT2D eigenvalue weighted by atomic mass is 16.5. The Morgan fingerprint density at radius 3 is 2.23 bits per heavy atom. The summed E-state index contributed by atoms with van der Waals surface area (Å²) in [5, 5.41) is 4.21. The summed E-state index contributed by atoms with van der Waals surface area (Å²) in [6, 6.07) is 9.70. The molecule has 1 aliphatic heterocycles. The molecule has 8 heteroatoms. The van der Waals surface area contributed by atoms with E-state index in [-0.39, 0.29) is 0 Å². The molecule has 1 saturated heterocycles. The van der Waals surface area contributed by atoms with Crippen LogP contribution in [0.5, 0.6) is 17.2 Å². The van der Waals surface area contributed by atoms with E-state index in [0.717, 1.165) is 56.3 Å². The fourth-order valence-corrected chi connectivity index (χ4v) is 4.07. The van der Waals surface area contributed by atoms with Gasteiger partial charge < -0.3 is 33.0 Å². The number of furan rings is 1. The topological polar surface area (TPSA) is 75.7 Å². The number of rotatable bonds is 8. The Morgan fingerprint density at radius 2 is 1.60 bits per heavy atom. The van der Waals surface area contributed by atoms with Gasteiger partial charge in [0.2, 0.25) is 11.5 Å². The van der Waals surface area contributed by atoms with Crippen LogP contribution in [-0.4, -0.2) is 52.7 Å². The van der Waals surface area contributed by atoms with Crippen molar-refractivity contribution in [3.63, 3.8) is 0 Å². The van der Waals surface area contributed by atoms with Gasteiger partial charge in [0.1, 0.15) is 45.0 Å². The maximum Gasteiger partial charge on any atom is 0.203 e. The van der Waals surface area contributed by atoms with Crippen LogP contribution >= 0.6 is 0 Å². The lowest BCUT2D eigenvalue weighted by atomic mass is 10.1. The number of hydrogen-bond acceptors (Lipinski definition) is 6. The van der Waals surface area contributed by atoms with Gasteiger partial charge in [-0.25, -0.2) is 0 Å². The summed E-state index contributed by atoms with van der Waals surface area (Å²) in [5.74, 6) is 3.48. The molecule has 0 bridgehead atoms. The average molecular weight is 415 g/mol. The van der Waals surface area contributed by atoms with E-state index in [9.17, 15) is 0 Å². The van der Waals surface area contributed by atoms with Gasteiger partial charge in [-0.1, -0.05) is 5.16 Å². The van der Waals surface area contributed by atoms with Gasteiger partial charge >= 0.3 is 0 Å². The van der Waals surface area contributed by atoms with Crippen LogP contribution in [0.3, 0.4) is 0 Å². The maximum atomic E-state index is 5.63. The Bertz CT molecular complexity index is 946. The molecule has 0 radical (unpaired) electrons. The molecule has 1 aromatic carbocycles. The normalized spacial score (nSPS) is 18.9. The van der Waals surface area contributed by atoms with Crippen LogP contribution in [-0.2, 0) is 13.1 Å². The molecule has 0 atom stereocenters. The number of aromatic nitrogens is 1. The zero-order valence-electron chi connectivity index (χ0n) is 17.7. The zero-order chi connectivity index (χ0) is 20.9. The van der Waals surface area contributed by atoms with Crippen LogP contribution in [0.25, 0.3) is 11.5 Å². The molecule has 0 amide bonds. The molecule has 0 saturated carbocycles. The van der Waals surface area contributed by atoms with Crippen LogP contribution in [0, 0.1) is 0 Å². The van der Waals surface area contributed by atoms with Crippen LogP contribution in [0.4, 0.5) is 0 Å². The monoisotopic (exact) mass is 415 g/mol. The highest BCUT2D eigenvalue weighted by Gasteiger charge is 2.26. The smallest absolute Gasteiger partial charge is 0.203 e. The van der Waals surface area contributed by atoms with Crippen LogP contribution in [0.1, 0.15) is 11.3 Å².